The number of alkyl halides is 1. The minimum atomic E-state index is -1.31. The molecule has 2 unspecified atom stereocenters. The summed E-state index contributed by atoms with van der Waals surface area (Å²) in [5, 5.41) is 16.4. The first-order valence-corrected chi connectivity index (χ1v) is 17.2. The molecule has 4 atom stereocenters. The zero-order valence-corrected chi connectivity index (χ0v) is 28.1. The molecule has 2 aromatic carbocycles. The third-order valence-corrected chi connectivity index (χ3v) is 10.8. The standard InChI is InChI=1S/C35H38ClF3N6O4/c1-20-24(36)13-26-23(15-40-45(26)27-6-3-4-10-48-27)28(20)29-25(38)12-22-31(30(29)39)41-33(42-32(22)43-9-11-47-18-34(2,46)17-43)49-19-35-7-5-8-44(35)16-21(37)14-35/h9,11-13,15,21,27,46H,3-8,10,14,16-19H2,1-2H3/t21-,27?,34?,35+/m1/s1. The third kappa shape index (κ3) is 5.68. The molecule has 0 aliphatic carbocycles. The van der Waals surface area contributed by atoms with Crippen LogP contribution >= 0.6 is 11.6 Å². The Labute approximate surface area is 286 Å². The van der Waals surface area contributed by atoms with Gasteiger partial charge in [-0.05, 0) is 70.2 Å². The molecule has 0 amide bonds. The lowest BCUT2D eigenvalue weighted by atomic mass is 9.94. The van der Waals surface area contributed by atoms with Gasteiger partial charge in [-0.3, -0.25) is 4.90 Å². The van der Waals surface area contributed by atoms with Crippen LogP contribution < -0.4 is 9.64 Å². The summed E-state index contributed by atoms with van der Waals surface area (Å²) in [7, 11) is 0. The van der Waals surface area contributed by atoms with Crippen LogP contribution in [0.2, 0.25) is 5.02 Å². The van der Waals surface area contributed by atoms with Crippen LogP contribution in [0.3, 0.4) is 0 Å². The van der Waals surface area contributed by atoms with Crippen LogP contribution in [-0.2, 0) is 9.47 Å². The second-order valence-corrected chi connectivity index (χ2v) is 14.5. The molecule has 0 radical (unpaired) electrons. The lowest BCUT2D eigenvalue weighted by Gasteiger charge is -2.31. The lowest BCUT2D eigenvalue weighted by molar-refractivity contribution is -0.0366. The molecule has 10 nitrogen and oxygen atoms in total. The van der Waals surface area contributed by atoms with Gasteiger partial charge in [0.2, 0.25) is 0 Å². The van der Waals surface area contributed by atoms with Crippen molar-refractivity contribution in [3.8, 4) is 17.1 Å². The topological polar surface area (TPSA) is 98.0 Å². The molecule has 49 heavy (non-hydrogen) atoms. The number of fused-ring (bicyclic) bond motifs is 3. The molecule has 2 aromatic heterocycles. The number of halogens is 4. The fraction of sp³-hybridized carbons (Fsp3) is 0.514. The van der Waals surface area contributed by atoms with Crippen molar-refractivity contribution in [2.24, 2.45) is 0 Å². The van der Waals surface area contributed by atoms with Gasteiger partial charge in [0.1, 0.15) is 42.1 Å². The number of aromatic nitrogens is 4. The summed E-state index contributed by atoms with van der Waals surface area (Å²) in [4.78, 5) is 12.8. The van der Waals surface area contributed by atoms with E-state index in [2.05, 4.69) is 20.0 Å². The maximum atomic E-state index is 17.1. The summed E-state index contributed by atoms with van der Waals surface area (Å²) in [5.41, 5.74) is -0.966. The molecule has 0 bridgehead atoms. The molecule has 14 heteroatoms. The number of β-amino-alcohol motifs (C(OH)–C–C–N with tert-alkyl or cyclic N) is 1. The van der Waals surface area contributed by atoms with Crippen molar-refractivity contribution in [3.05, 3.63) is 53.0 Å². The van der Waals surface area contributed by atoms with Crippen LogP contribution in [0.25, 0.3) is 32.9 Å². The monoisotopic (exact) mass is 698 g/mol. The summed E-state index contributed by atoms with van der Waals surface area (Å²) in [6.45, 7) is 5.15. The van der Waals surface area contributed by atoms with E-state index in [0.717, 1.165) is 38.6 Å². The van der Waals surface area contributed by atoms with Crippen LogP contribution in [-0.4, -0.2) is 86.5 Å². The van der Waals surface area contributed by atoms with Gasteiger partial charge in [-0.25, -0.2) is 17.9 Å². The predicted octanol–water partition coefficient (Wildman–Crippen LogP) is 6.60. The van der Waals surface area contributed by atoms with Crippen molar-refractivity contribution in [2.45, 2.75) is 75.9 Å². The van der Waals surface area contributed by atoms with Gasteiger partial charge in [-0.2, -0.15) is 15.1 Å². The van der Waals surface area contributed by atoms with Crippen molar-refractivity contribution in [1.82, 2.24) is 24.6 Å². The maximum absolute atomic E-state index is 17.1. The van der Waals surface area contributed by atoms with Crippen molar-refractivity contribution in [2.75, 3.05) is 44.4 Å². The summed E-state index contributed by atoms with van der Waals surface area (Å²) in [6, 6.07) is 2.81. The van der Waals surface area contributed by atoms with Gasteiger partial charge >= 0.3 is 6.01 Å². The maximum Gasteiger partial charge on any atom is 0.319 e. The zero-order chi connectivity index (χ0) is 34.1. The Morgan fingerprint density at radius 3 is 2.82 bits per heavy atom. The highest BCUT2D eigenvalue weighted by Gasteiger charge is 2.49. The number of nitrogens with zero attached hydrogens (tertiary/aromatic N) is 6. The lowest BCUT2D eigenvalue weighted by Crippen LogP contribution is -2.43. The molecular formula is C35H38ClF3N6O4. The normalized spacial score (nSPS) is 27.5. The van der Waals surface area contributed by atoms with Crippen molar-refractivity contribution in [3.63, 3.8) is 0 Å². The largest absolute Gasteiger partial charge is 0.497 e. The molecule has 0 saturated carbocycles. The first-order valence-electron chi connectivity index (χ1n) is 16.8. The second-order valence-electron chi connectivity index (χ2n) is 14.1. The highest BCUT2D eigenvalue weighted by Crippen LogP contribution is 2.44. The molecule has 8 rings (SSSR count). The smallest absolute Gasteiger partial charge is 0.319 e. The number of hydrogen-bond donors (Lipinski definition) is 1. The molecule has 260 valence electrons. The Morgan fingerprint density at radius 2 is 2.00 bits per heavy atom. The van der Waals surface area contributed by atoms with Gasteiger partial charge < -0.3 is 24.2 Å². The second kappa shape index (κ2) is 12.3. The first kappa shape index (κ1) is 32.5. The Morgan fingerprint density at radius 1 is 1.14 bits per heavy atom. The summed E-state index contributed by atoms with van der Waals surface area (Å²) >= 11 is 6.73. The van der Waals surface area contributed by atoms with E-state index in [4.69, 9.17) is 25.8 Å². The van der Waals surface area contributed by atoms with E-state index in [-0.39, 0.29) is 59.8 Å². The van der Waals surface area contributed by atoms with Crippen molar-refractivity contribution < 1.29 is 32.5 Å². The van der Waals surface area contributed by atoms with Gasteiger partial charge in [-0.1, -0.05) is 11.6 Å². The van der Waals surface area contributed by atoms with Crippen LogP contribution in [0.15, 0.2) is 30.8 Å². The number of hydrogen-bond acceptors (Lipinski definition) is 9. The Balaban J connectivity index is 1.29. The number of aliphatic hydroxyl groups is 1. The Hall–Kier alpha value is -3.65. The molecule has 4 aliphatic heterocycles. The van der Waals surface area contributed by atoms with Crippen LogP contribution in [0.1, 0.15) is 57.2 Å². The zero-order valence-electron chi connectivity index (χ0n) is 27.4. The van der Waals surface area contributed by atoms with E-state index >= 15 is 8.78 Å². The molecular weight excluding hydrogens is 661 g/mol. The Bertz CT molecular complexity index is 1970. The van der Waals surface area contributed by atoms with E-state index in [1.807, 2.05) is 0 Å². The molecule has 4 aromatic rings. The van der Waals surface area contributed by atoms with E-state index in [1.165, 1.54) is 12.3 Å². The van der Waals surface area contributed by atoms with Crippen LogP contribution in [0.4, 0.5) is 19.0 Å². The molecule has 0 spiro atoms. The Kier molecular flexibility index (Phi) is 8.16. The van der Waals surface area contributed by atoms with E-state index in [9.17, 15) is 9.50 Å². The number of ether oxygens (including phenoxy) is 3. The fourth-order valence-corrected chi connectivity index (χ4v) is 8.20. The van der Waals surface area contributed by atoms with Gasteiger partial charge in [0, 0.05) is 47.1 Å². The minimum absolute atomic E-state index is 0.00557. The SMILES string of the molecule is Cc1c(Cl)cc2c(cnn2C2CCCCO2)c1-c1c(F)cc2c(N3C=COCC(C)(O)C3)nc(OC[C@@]34CCCN3C[C@H](F)C4)nc2c1F. The van der Waals surface area contributed by atoms with E-state index in [0.29, 0.717) is 41.1 Å². The van der Waals surface area contributed by atoms with Gasteiger partial charge in [-0.15, -0.1) is 0 Å². The highest BCUT2D eigenvalue weighted by molar-refractivity contribution is 6.33. The quantitative estimate of drug-likeness (QED) is 0.239. The molecule has 4 aliphatic rings. The van der Waals surface area contributed by atoms with Crippen molar-refractivity contribution >= 4 is 39.2 Å². The number of anilines is 1. The fourth-order valence-electron chi connectivity index (χ4n) is 8.00. The van der Waals surface area contributed by atoms with E-state index < -0.39 is 28.9 Å². The number of benzene rings is 2. The average Bonchev–Trinajstić information content (AvgIpc) is 3.71. The predicted molar refractivity (Wildman–Crippen MR) is 178 cm³/mol. The van der Waals surface area contributed by atoms with Gasteiger partial charge in [0.25, 0.3) is 0 Å². The van der Waals surface area contributed by atoms with E-state index in [1.54, 1.807) is 41.9 Å². The molecule has 6 heterocycles. The highest BCUT2D eigenvalue weighted by atomic mass is 35.5. The van der Waals surface area contributed by atoms with Gasteiger partial charge in [0.05, 0.1) is 35.6 Å². The van der Waals surface area contributed by atoms with Crippen molar-refractivity contribution in [1.29, 1.82) is 0 Å². The summed E-state index contributed by atoms with van der Waals surface area (Å²) < 4.78 is 67.5. The summed E-state index contributed by atoms with van der Waals surface area (Å²) in [6.07, 6.45) is 7.95. The molecule has 1 N–H and O–H groups in total. The molecule has 3 saturated heterocycles. The minimum Gasteiger partial charge on any atom is -0.497 e. The summed E-state index contributed by atoms with van der Waals surface area (Å²) in [5.74, 6) is -1.65. The third-order valence-electron chi connectivity index (χ3n) is 10.4. The number of rotatable bonds is 6. The average molecular weight is 699 g/mol. The molecule has 3 fully saturated rings. The van der Waals surface area contributed by atoms with Crippen LogP contribution in [0, 0.1) is 18.6 Å². The van der Waals surface area contributed by atoms with Crippen LogP contribution in [0.5, 0.6) is 6.01 Å². The van der Waals surface area contributed by atoms with Gasteiger partial charge in [0.15, 0.2) is 12.0 Å². The first-order chi connectivity index (χ1) is 23.5.